The van der Waals surface area contributed by atoms with Crippen molar-refractivity contribution >= 4 is 5.91 Å². The molecule has 1 saturated carbocycles. The van der Waals surface area contributed by atoms with Gasteiger partial charge in [-0.1, -0.05) is 12.6 Å². The van der Waals surface area contributed by atoms with Gasteiger partial charge in [-0.2, -0.15) is 0 Å². The molecule has 1 fully saturated rings. The number of halogens is 1. The highest BCUT2D eigenvalue weighted by atomic mass is 19.1. The number of rotatable bonds is 3. The van der Waals surface area contributed by atoms with Crippen molar-refractivity contribution in [3.8, 4) is 0 Å². The highest BCUT2D eigenvalue weighted by molar-refractivity contribution is 5.96. The lowest BCUT2D eigenvalue weighted by Crippen LogP contribution is -2.19. The average molecular weight is 219 g/mol. The van der Waals surface area contributed by atoms with Crippen molar-refractivity contribution in [1.82, 2.24) is 5.32 Å². The zero-order valence-corrected chi connectivity index (χ0v) is 9.22. The predicted octanol–water partition coefficient (Wildman–Crippen LogP) is 2.88. The van der Waals surface area contributed by atoms with E-state index in [0.717, 1.165) is 18.4 Å². The van der Waals surface area contributed by atoms with E-state index >= 15 is 0 Å². The first-order valence-electron chi connectivity index (χ1n) is 5.35. The van der Waals surface area contributed by atoms with Crippen molar-refractivity contribution in [3.05, 3.63) is 47.4 Å². The molecule has 3 heteroatoms. The summed E-state index contributed by atoms with van der Waals surface area (Å²) in [6.45, 7) is 5.14. The second kappa shape index (κ2) is 4.08. The molecule has 0 heterocycles. The molecule has 1 aromatic rings. The van der Waals surface area contributed by atoms with Crippen LogP contribution in [0.2, 0.25) is 0 Å². The summed E-state index contributed by atoms with van der Waals surface area (Å²) in [5.74, 6) is -0.390. The van der Waals surface area contributed by atoms with Crippen LogP contribution in [0, 0.1) is 12.7 Å². The Labute approximate surface area is 94.2 Å². The number of hydrogen-bond acceptors (Lipinski definition) is 1. The molecule has 0 saturated heterocycles. The molecule has 16 heavy (non-hydrogen) atoms. The van der Waals surface area contributed by atoms with Crippen LogP contribution in [0.25, 0.3) is 0 Å². The van der Waals surface area contributed by atoms with E-state index in [-0.39, 0.29) is 5.56 Å². The van der Waals surface area contributed by atoms with Crippen molar-refractivity contribution in [2.75, 3.05) is 0 Å². The Hall–Kier alpha value is -1.64. The quantitative estimate of drug-likeness (QED) is 0.832. The van der Waals surface area contributed by atoms with Gasteiger partial charge in [-0.05, 0) is 49.1 Å². The molecule has 1 amide bonds. The molecule has 0 unspecified atom stereocenters. The monoisotopic (exact) mass is 219 g/mol. The Kier molecular flexibility index (Phi) is 2.77. The summed E-state index contributed by atoms with van der Waals surface area (Å²) in [4.78, 5) is 11.6. The van der Waals surface area contributed by atoms with E-state index in [0.29, 0.717) is 11.5 Å². The Morgan fingerprint density at radius 1 is 1.56 bits per heavy atom. The SMILES string of the molecule is C=CNC(=O)c1c(C)cc(C2CC2)cc1F. The van der Waals surface area contributed by atoms with Crippen LogP contribution in [0.4, 0.5) is 4.39 Å². The third kappa shape index (κ3) is 1.98. The smallest absolute Gasteiger partial charge is 0.258 e. The Bertz CT molecular complexity index is 426. The highest BCUT2D eigenvalue weighted by Gasteiger charge is 2.26. The van der Waals surface area contributed by atoms with Crippen LogP contribution < -0.4 is 5.32 Å². The topological polar surface area (TPSA) is 29.1 Å². The zero-order valence-electron chi connectivity index (χ0n) is 9.22. The lowest BCUT2D eigenvalue weighted by Gasteiger charge is -2.08. The van der Waals surface area contributed by atoms with Crippen molar-refractivity contribution < 1.29 is 9.18 Å². The number of amides is 1. The summed E-state index contributed by atoms with van der Waals surface area (Å²) in [5.41, 5.74) is 1.80. The minimum Gasteiger partial charge on any atom is -0.329 e. The lowest BCUT2D eigenvalue weighted by molar-refractivity contribution is 0.0965. The predicted molar refractivity (Wildman–Crippen MR) is 60.8 cm³/mol. The third-order valence-corrected chi connectivity index (χ3v) is 2.82. The second-order valence-corrected chi connectivity index (χ2v) is 4.15. The molecule has 1 aliphatic rings. The number of hydrogen-bond donors (Lipinski definition) is 1. The normalized spacial score (nSPS) is 14.6. The number of aryl methyl sites for hydroxylation is 1. The van der Waals surface area contributed by atoms with Crippen LogP contribution in [0.1, 0.15) is 40.2 Å². The fourth-order valence-electron chi connectivity index (χ4n) is 1.88. The standard InChI is InChI=1S/C13H14FNO/c1-3-15-13(16)12-8(2)6-10(7-11(12)14)9-4-5-9/h3,6-7,9H,1,4-5H2,2H3,(H,15,16). The van der Waals surface area contributed by atoms with Gasteiger partial charge in [-0.25, -0.2) is 4.39 Å². The van der Waals surface area contributed by atoms with Crippen LogP contribution in [0.5, 0.6) is 0 Å². The molecule has 0 aliphatic heterocycles. The number of carbonyl (C=O) groups is 1. The summed E-state index contributed by atoms with van der Waals surface area (Å²) < 4.78 is 13.8. The molecule has 2 rings (SSSR count). The van der Waals surface area contributed by atoms with Crippen LogP contribution in [-0.4, -0.2) is 5.91 Å². The first-order chi connectivity index (χ1) is 7.63. The molecule has 0 atom stereocenters. The molecule has 0 spiro atoms. The molecule has 0 radical (unpaired) electrons. The molecule has 1 N–H and O–H groups in total. The molecule has 1 aromatic carbocycles. The van der Waals surface area contributed by atoms with Crippen LogP contribution in [0.15, 0.2) is 24.9 Å². The summed E-state index contributed by atoms with van der Waals surface area (Å²) in [7, 11) is 0. The maximum absolute atomic E-state index is 13.8. The van der Waals surface area contributed by atoms with Gasteiger partial charge in [0.2, 0.25) is 0 Å². The average Bonchev–Trinajstić information content (AvgIpc) is 2.99. The number of nitrogens with one attached hydrogen (secondary N) is 1. The molecular formula is C13H14FNO. The Balaban J connectivity index is 2.38. The van der Waals surface area contributed by atoms with Gasteiger partial charge in [0.25, 0.3) is 5.91 Å². The minimum atomic E-state index is -0.443. The summed E-state index contributed by atoms with van der Waals surface area (Å²) in [5, 5.41) is 2.39. The fourth-order valence-corrected chi connectivity index (χ4v) is 1.88. The van der Waals surface area contributed by atoms with Gasteiger partial charge in [0.05, 0.1) is 5.56 Å². The second-order valence-electron chi connectivity index (χ2n) is 4.15. The van der Waals surface area contributed by atoms with Gasteiger partial charge in [0.15, 0.2) is 0 Å². The highest BCUT2D eigenvalue weighted by Crippen LogP contribution is 2.41. The molecular weight excluding hydrogens is 205 g/mol. The van der Waals surface area contributed by atoms with Crippen molar-refractivity contribution in [1.29, 1.82) is 0 Å². The molecule has 0 bridgehead atoms. The van der Waals surface area contributed by atoms with Gasteiger partial charge in [0.1, 0.15) is 5.82 Å². The molecule has 1 aliphatic carbocycles. The van der Waals surface area contributed by atoms with Gasteiger partial charge >= 0.3 is 0 Å². The third-order valence-electron chi connectivity index (χ3n) is 2.82. The number of benzene rings is 1. The zero-order chi connectivity index (χ0) is 11.7. The Morgan fingerprint density at radius 2 is 2.25 bits per heavy atom. The maximum Gasteiger partial charge on any atom is 0.258 e. The summed E-state index contributed by atoms with van der Waals surface area (Å²) in [6.07, 6.45) is 3.50. The minimum absolute atomic E-state index is 0.115. The largest absolute Gasteiger partial charge is 0.329 e. The van der Waals surface area contributed by atoms with E-state index in [1.54, 1.807) is 6.92 Å². The molecule has 2 nitrogen and oxygen atoms in total. The van der Waals surface area contributed by atoms with Gasteiger partial charge in [-0.15, -0.1) is 0 Å². The molecule has 84 valence electrons. The van der Waals surface area contributed by atoms with Crippen LogP contribution in [0.3, 0.4) is 0 Å². The first-order valence-corrected chi connectivity index (χ1v) is 5.35. The van der Waals surface area contributed by atoms with E-state index in [1.807, 2.05) is 6.07 Å². The molecule has 0 aromatic heterocycles. The van der Waals surface area contributed by atoms with Crippen molar-refractivity contribution in [3.63, 3.8) is 0 Å². The summed E-state index contributed by atoms with van der Waals surface area (Å²) >= 11 is 0. The van der Waals surface area contributed by atoms with Crippen LogP contribution >= 0.6 is 0 Å². The lowest BCUT2D eigenvalue weighted by atomic mass is 10.0. The van der Waals surface area contributed by atoms with Gasteiger partial charge < -0.3 is 5.32 Å². The van der Waals surface area contributed by atoms with Crippen molar-refractivity contribution in [2.45, 2.75) is 25.7 Å². The van der Waals surface area contributed by atoms with E-state index in [4.69, 9.17) is 0 Å². The van der Waals surface area contributed by atoms with Gasteiger partial charge in [-0.3, -0.25) is 4.79 Å². The number of carbonyl (C=O) groups excluding carboxylic acids is 1. The maximum atomic E-state index is 13.8. The fraction of sp³-hybridized carbons (Fsp3) is 0.308. The first kappa shape index (κ1) is 10.9. The van der Waals surface area contributed by atoms with E-state index < -0.39 is 11.7 Å². The van der Waals surface area contributed by atoms with Gasteiger partial charge in [0, 0.05) is 0 Å². The summed E-state index contributed by atoms with van der Waals surface area (Å²) in [6, 6.07) is 3.38. The van der Waals surface area contributed by atoms with E-state index in [1.165, 1.54) is 12.3 Å². The van der Waals surface area contributed by atoms with E-state index in [9.17, 15) is 9.18 Å². The van der Waals surface area contributed by atoms with Crippen molar-refractivity contribution in [2.24, 2.45) is 0 Å². The van der Waals surface area contributed by atoms with E-state index in [2.05, 4.69) is 11.9 Å². The van der Waals surface area contributed by atoms with Crippen LogP contribution in [-0.2, 0) is 0 Å². The Morgan fingerprint density at radius 3 is 2.75 bits per heavy atom.